The van der Waals surface area contributed by atoms with Gasteiger partial charge in [0, 0.05) is 23.4 Å². The van der Waals surface area contributed by atoms with E-state index in [0.717, 1.165) is 5.69 Å². The van der Waals surface area contributed by atoms with Gasteiger partial charge in [0.25, 0.3) is 0 Å². The maximum atomic E-state index is 11.8. The quantitative estimate of drug-likeness (QED) is 0.828. The standard InChI is InChI=1S/C14H22BNO3/c1-9(2)11-7-10(17)8-12(16-11)15-18-13(3,4)14(5,6)19-15/h7-9H,1-6H3,(H,16,17). The van der Waals surface area contributed by atoms with E-state index < -0.39 is 18.3 Å². The van der Waals surface area contributed by atoms with Gasteiger partial charge in [0.15, 0.2) is 5.43 Å². The molecule has 2 heterocycles. The van der Waals surface area contributed by atoms with E-state index in [4.69, 9.17) is 9.31 Å². The van der Waals surface area contributed by atoms with Gasteiger partial charge in [0.05, 0.1) is 11.2 Å². The lowest BCUT2D eigenvalue weighted by atomic mass is 9.83. The summed E-state index contributed by atoms with van der Waals surface area (Å²) in [6.45, 7) is 12.1. The molecule has 4 nitrogen and oxygen atoms in total. The summed E-state index contributed by atoms with van der Waals surface area (Å²) < 4.78 is 11.9. The zero-order chi connectivity index (χ0) is 14.4. The molecule has 19 heavy (non-hydrogen) atoms. The molecule has 0 amide bonds. The molecule has 0 saturated carbocycles. The van der Waals surface area contributed by atoms with E-state index in [1.807, 2.05) is 41.5 Å². The van der Waals surface area contributed by atoms with Gasteiger partial charge in [-0.25, -0.2) is 0 Å². The highest BCUT2D eigenvalue weighted by molar-refractivity contribution is 6.61. The molecular formula is C14H22BNO3. The van der Waals surface area contributed by atoms with Crippen LogP contribution in [0.2, 0.25) is 0 Å². The van der Waals surface area contributed by atoms with Gasteiger partial charge < -0.3 is 14.3 Å². The molecule has 1 N–H and O–H groups in total. The van der Waals surface area contributed by atoms with E-state index in [9.17, 15) is 4.79 Å². The van der Waals surface area contributed by atoms with E-state index >= 15 is 0 Å². The Balaban J connectivity index is 2.37. The van der Waals surface area contributed by atoms with Crippen molar-refractivity contribution in [1.29, 1.82) is 0 Å². The number of aromatic nitrogens is 1. The van der Waals surface area contributed by atoms with Crippen LogP contribution in [-0.4, -0.2) is 23.3 Å². The second-order valence-corrected chi connectivity index (χ2v) is 6.47. The average molecular weight is 263 g/mol. The van der Waals surface area contributed by atoms with Crippen molar-refractivity contribution in [2.75, 3.05) is 0 Å². The predicted octanol–water partition coefficient (Wildman–Crippen LogP) is 1.80. The summed E-state index contributed by atoms with van der Waals surface area (Å²) in [5.41, 5.74) is 0.768. The van der Waals surface area contributed by atoms with Crippen LogP contribution in [0.25, 0.3) is 0 Å². The minimum Gasteiger partial charge on any atom is -0.398 e. The highest BCUT2D eigenvalue weighted by atomic mass is 16.7. The monoisotopic (exact) mass is 263 g/mol. The zero-order valence-electron chi connectivity index (χ0n) is 12.5. The Morgan fingerprint density at radius 1 is 1.11 bits per heavy atom. The van der Waals surface area contributed by atoms with E-state index in [1.54, 1.807) is 12.1 Å². The van der Waals surface area contributed by atoms with Gasteiger partial charge >= 0.3 is 7.12 Å². The first kappa shape index (κ1) is 14.3. The van der Waals surface area contributed by atoms with Gasteiger partial charge in [-0.05, 0) is 33.6 Å². The van der Waals surface area contributed by atoms with Gasteiger partial charge in [-0.15, -0.1) is 0 Å². The second kappa shape index (κ2) is 4.49. The minimum atomic E-state index is -0.517. The summed E-state index contributed by atoms with van der Waals surface area (Å²) in [4.78, 5) is 15.0. The molecule has 1 saturated heterocycles. The number of pyridine rings is 1. The number of nitrogens with one attached hydrogen (secondary N) is 1. The molecule has 0 bridgehead atoms. The average Bonchev–Trinajstić information content (AvgIpc) is 2.47. The van der Waals surface area contributed by atoms with Crippen LogP contribution in [0, 0.1) is 0 Å². The molecule has 0 aliphatic carbocycles. The van der Waals surface area contributed by atoms with E-state index in [2.05, 4.69) is 4.98 Å². The van der Waals surface area contributed by atoms with Crippen LogP contribution in [0.4, 0.5) is 0 Å². The zero-order valence-corrected chi connectivity index (χ0v) is 12.5. The van der Waals surface area contributed by atoms with E-state index in [0.29, 0.717) is 5.59 Å². The lowest BCUT2D eigenvalue weighted by Gasteiger charge is -2.32. The van der Waals surface area contributed by atoms with Crippen molar-refractivity contribution < 1.29 is 9.31 Å². The van der Waals surface area contributed by atoms with Gasteiger partial charge in [0.1, 0.15) is 0 Å². The van der Waals surface area contributed by atoms with Crippen LogP contribution in [0.3, 0.4) is 0 Å². The van der Waals surface area contributed by atoms with Crippen LogP contribution in [0.1, 0.15) is 53.2 Å². The smallest absolute Gasteiger partial charge is 0.398 e. The van der Waals surface area contributed by atoms with Gasteiger partial charge in [-0.3, -0.25) is 4.79 Å². The first-order valence-corrected chi connectivity index (χ1v) is 6.72. The Labute approximate surface area is 114 Å². The number of rotatable bonds is 2. The van der Waals surface area contributed by atoms with Crippen LogP contribution in [0.15, 0.2) is 16.9 Å². The summed E-state index contributed by atoms with van der Waals surface area (Å²) in [7, 11) is -0.517. The summed E-state index contributed by atoms with van der Waals surface area (Å²) >= 11 is 0. The van der Waals surface area contributed by atoms with Gasteiger partial charge in [-0.1, -0.05) is 13.8 Å². The first-order valence-electron chi connectivity index (χ1n) is 6.72. The second-order valence-electron chi connectivity index (χ2n) is 6.47. The molecule has 1 aromatic rings. The summed E-state index contributed by atoms with van der Waals surface area (Å²) in [5.74, 6) is 0.259. The third-order valence-corrected chi connectivity index (χ3v) is 4.01. The molecule has 5 heteroatoms. The minimum absolute atomic E-state index is 0.0211. The van der Waals surface area contributed by atoms with Gasteiger partial charge in [-0.2, -0.15) is 0 Å². The fourth-order valence-corrected chi connectivity index (χ4v) is 2.00. The lowest BCUT2D eigenvalue weighted by Crippen LogP contribution is -2.41. The highest BCUT2D eigenvalue weighted by Crippen LogP contribution is 2.36. The Morgan fingerprint density at radius 3 is 2.11 bits per heavy atom. The SMILES string of the molecule is CC(C)c1cc(=O)cc(B2OC(C)(C)C(C)(C)O2)[nH]1. The van der Waals surface area contributed by atoms with Crippen molar-refractivity contribution in [1.82, 2.24) is 4.98 Å². The van der Waals surface area contributed by atoms with Gasteiger partial charge in [0.2, 0.25) is 0 Å². The molecular weight excluding hydrogens is 241 g/mol. The molecule has 0 atom stereocenters. The van der Waals surface area contributed by atoms with E-state index in [1.165, 1.54) is 0 Å². The lowest BCUT2D eigenvalue weighted by molar-refractivity contribution is 0.00578. The molecule has 2 rings (SSSR count). The van der Waals surface area contributed by atoms with Crippen LogP contribution < -0.4 is 11.0 Å². The van der Waals surface area contributed by atoms with Crippen molar-refractivity contribution in [2.45, 2.75) is 58.7 Å². The number of H-pyrrole nitrogens is 1. The molecule has 1 aliphatic rings. The van der Waals surface area contributed by atoms with Crippen molar-refractivity contribution in [3.8, 4) is 0 Å². The predicted molar refractivity (Wildman–Crippen MR) is 76.9 cm³/mol. The normalized spacial score (nSPS) is 21.1. The number of hydrogen-bond acceptors (Lipinski definition) is 3. The summed E-state index contributed by atoms with van der Waals surface area (Å²) in [5, 5.41) is 0. The Morgan fingerprint density at radius 2 is 1.63 bits per heavy atom. The Bertz CT molecular complexity index is 518. The Hall–Kier alpha value is -1.07. The van der Waals surface area contributed by atoms with Crippen LogP contribution in [0.5, 0.6) is 0 Å². The number of aromatic amines is 1. The van der Waals surface area contributed by atoms with Crippen LogP contribution in [-0.2, 0) is 9.31 Å². The van der Waals surface area contributed by atoms with Crippen molar-refractivity contribution in [2.24, 2.45) is 0 Å². The van der Waals surface area contributed by atoms with Crippen molar-refractivity contribution in [3.63, 3.8) is 0 Å². The fraction of sp³-hybridized carbons (Fsp3) is 0.643. The van der Waals surface area contributed by atoms with Crippen LogP contribution >= 0.6 is 0 Å². The third kappa shape index (κ3) is 2.62. The maximum Gasteiger partial charge on any atom is 0.512 e. The maximum absolute atomic E-state index is 11.8. The van der Waals surface area contributed by atoms with Crippen molar-refractivity contribution in [3.05, 3.63) is 28.0 Å². The molecule has 1 aliphatic heterocycles. The Kier molecular flexibility index (Phi) is 3.39. The highest BCUT2D eigenvalue weighted by Gasteiger charge is 2.52. The molecule has 1 aromatic heterocycles. The topological polar surface area (TPSA) is 51.3 Å². The molecule has 0 aromatic carbocycles. The largest absolute Gasteiger partial charge is 0.512 e. The summed E-state index contributed by atoms with van der Waals surface area (Å²) in [6.07, 6.45) is 0. The third-order valence-electron chi connectivity index (χ3n) is 4.01. The molecule has 0 radical (unpaired) electrons. The fourth-order valence-electron chi connectivity index (χ4n) is 2.00. The molecule has 104 valence electrons. The molecule has 0 unspecified atom stereocenters. The summed E-state index contributed by atoms with van der Waals surface area (Å²) in [6, 6.07) is 3.17. The first-order chi connectivity index (χ1) is 8.62. The molecule has 1 fully saturated rings. The van der Waals surface area contributed by atoms with Crippen molar-refractivity contribution >= 4 is 12.7 Å². The van der Waals surface area contributed by atoms with E-state index in [-0.39, 0.29) is 11.3 Å². The molecule has 0 spiro atoms. The number of hydrogen-bond donors (Lipinski definition) is 1.